The lowest BCUT2D eigenvalue weighted by molar-refractivity contribution is -0.115. The van der Waals surface area contributed by atoms with Gasteiger partial charge in [-0.05, 0) is 32.0 Å². The van der Waals surface area contributed by atoms with Crippen LogP contribution < -0.4 is 11.1 Å². The van der Waals surface area contributed by atoms with E-state index in [1.54, 1.807) is 0 Å². The minimum atomic E-state index is -0.242. The van der Waals surface area contributed by atoms with Crippen LogP contribution in [0.3, 0.4) is 0 Å². The lowest BCUT2D eigenvalue weighted by Crippen LogP contribution is -2.22. The molecule has 0 aliphatic heterocycles. The topological polar surface area (TPSA) is 68.0 Å². The summed E-state index contributed by atoms with van der Waals surface area (Å²) in [5.74, 6) is -0.0720. The van der Waals surface area contributed by atoms with Crippen molar-refractivity contribution in [3.8, 4) is 11.3 Å². The van der Waals surface area contributed by atoms with Crippen LogP contribution in [0.2, 0.25) is 0 Å². The predicted octanol–water partition coefficient (Wildman–Crippen LogP) is 4.82. The number of aromatic nitrogens is 1. The highest BCUT2D eigenvalue weighted by Crippen LogP contribution is 2.28. The molecular formula is C19H19N3OS2. The van der Waals surface area contributed by atoms with Gasteiger partial charge in [-0.25, -0.2) is 4.98 Å². The van der Waals surface area contributed by atoms with E-state index in [1.165, 1.54) is 28.7 Å². The van der Waals surface area contributed by atoms with E-state index in [0.29, 0.717) is 10.8 Å². The zero-order chi connectivity index (χ0) is 17.8. The average Bonchev–Trinajstić information content (AvgIpc) is 3.04. The zero-order valence-electron chi connectivity index (χ0n) is 14.0. The fraction of sp³-hybridized carbons (Fsp3) is 0.158. The molecule has 0 bridgehead atoms. The molecule has 1 aromatic heterocycles. The molecule has 1 atom stereocenters. The number of hydrogen-bond donors (Lipinski definition) is 2. The van der Waals surface area contributed by atoms with Gasteiger partial charge in [0.1, 0.15) is 0 Å². The fourth-order valence-corrected chi connectivity index (χ4v) is 3.90. The van der Waals surface area contributed by atoms with Crippen molar-refractivity contribution in [1.82, 2.24) is 4.98 Å². The molecule has 4 nitrogen and oxygen atoms in total. The smallest absolute Gasteiger partial charge is 0.239 e. The summed E-state index contributed by atoms with van der Waals surface area (Å²) in [6.07, 6.45) is 0. The predicted molar refractivity (Wildman–Crippen MR) is 107 cm³/mol. The minimum absolute atomic E-state index is 0.0720. The first-order valence-electron chi connectivity index (χ1n) is 7.87. The largest absolute Gasteiger partial charge is 0.399 e. The molecule has 3 aromatic rings. The number of carbonyl (C=O) groups excluding carboxylic acids is 1. The van der Waals surface area contributed by atoms with Crippen LogP contribution in [-0.2, 0) is 4.79 Å². The SMILES string of the molecule is Cc1ccc(-c2csc(NC(=O)C(C)Sc3cccc(N)c3)n2)cc1. The number of anilines is 2. The molecule has 3 N–H and O–H groups in total. The van der Waals surface area contributed by atoms with Gasteiger partial charge in [0.15, 0.2) is 5.13 Å². The first-order valence-corrected chi connectivity index (χ1v) is 9.63. The van der Waals surface area contributed by atoms with Crippen LogP contribution in [0.15, 0.2) is 58.8 Å². The summed E-state index contributed by atoms with van der Waals surface area (Å²) >= 11 is 2.91. The van der Waals surface area contributed by atoms with E-state index < -0.39 is 0 Å². The third kappa shape index (κ3) is 4.61. The molecule has 0 spiro atoms. The fourth-order valence-electron chi connectivity index (χ4n) is 2.24. The summed E-state index contributed by atoms with van der Waals surface area (Å²) in [5.41, 5.74) is 9.60. The number of amides is 1. The Morgan fingerprint density at radius 3 is 2.72 bits per heavy atom. The van der Waals surface area contributed by atoms with Crippen LogP contribution in [0.5, 0.6) is 0 Å². The molecule has 128 valence electrons. The number of hydrogen-bond acceptors (Lipinski definition) is 5. The number of thioether (sulfide) groups is 1. The standard InChI is InChI=1S/C19H19N3OS2/c1-12-6-8-14(9-7-12)17-11-24-19(21-17)22-18(23)13(2)25-16-5-3-4-15(20)10-16/h3-11,13H,20H2,1-2H3,(H,21,22,23). The molecule has 2 aromatic carbocycles. The molecule has 3 rings (SSSR count). The van der Waals surface area contributed by atoms with Crippen LogP contribution in [0, 0.1) is 6.92 Å². The molecule has 0 aliphatic rings. The molecule has 1 heterocycles. The summed E-state index contributed by atoms with van der Waals surface area (Å²) in [7, 11) is 0. The van der Waals surface area contributed by atoms with Gasteiger partial charge in [0.25, 0.3) is 0 Å². The van der Waals surface area contributed by atoms with Gasteiger partial charge in [-0.2, -0.15) is 0 Å². The molecule has 25 heavy (non-hydrogen) atoms. The average molecular weight is 370 g/mol. The summed E-state index contributed by atoms with van der Waals surface area (Å²) < 4.78 is 0. The van der Waals surface area contributed by atoms with Crippen molar-refractivity contribution >= 4 is 39.8 Å². The van der Waals surface area contributed by atoms with E-state index in [4.69, 9.17) is 5.73 Å². The third-order valence-electron chi connectivity index (χ3n) is 3.62. The number of rotatable bonds is 5. The highest BCUT2D eigenvalue weighted by molar-refractivity contribution is 8.00. The Hall–Kier alpha value is -2.31. The maximum Gasteiger partial charge on any atom is 0.239 e. The Morgan fingerprint density at radius 1 is 1.24 bits per heavy atom. The van der Waals surface area contributed by atoms with Crippen molar-refractivity contribution in [2.45, 2.75) is 24.0 Å². The van der Waals surface area contributed by atoms with Gasteiger partial charge in [-0.15, -0.1) is 23.1 Å². The molecule has 6 heteroatoms. The molecule has 0 saturated heterocycles. The van der Waals surface area contributed by atoms with E-state index in [9.17, 15) is 4.79 Å². The van der Waals surface area contributed by atoms with Crippen molar-refractivity contribution in [1.29, 1.82) is 0 Å². The Morgan fingerprint density at radius 2 is 2.00 bits per heavy atom. The van der Waals surface area contributed by atoms with E-state index in [0.717, 1.165) is 16.2 Å². The van der Waals surface area contributed by atoms with E-state index >= 15 is 0 Å². The first kappa shape index (κ1) is 17.5. The molecule has 0 saturated carbocycles. The number of nitrogen functional groups attached to an aromatic ring is 1. The van der Waals surface area contributed by atoms with Crippen LogP contribution >= 0.6 is 23.1 Å². The Labute approximate surface area is 155 Å². The summed E-state index contributed by atoms with van der Waals surface area (Å²) in [5, 5.41) is 5.22. The molecule has 0 fully saturated rings. The second kappa shape index (κ2) is 7.72. The van der Waals surface area contributed by atoms with Gasteiger partial charge in [0.2, 0.25) is 5.91 Å². The van der Waals surface area contributed by atoms with Crippen molar-refractivity contribution < 1.29 is 4.79 Å². The minimum Gasteiger partial charge on any atom is -0.399 e. The normalized spacial score (nSPS) is 11.9. The highest BCUT2D eigenvalue weighted by Gasteiger charge is 2.16. The molecule has 0 aliphatic carbocycles. The highest BCUT2D eigenvalue weighted by atomic mass is 32.2. The first-order chi connectivity index (χ1) is 12.0. The van der Waals surface area contributed by atoms with E-state index in [-0.39, 0.29) is 11.2 Å². The number of nitrogens with zero attached hydrogens (tertiary/aromatic N) is 1. The number of benzene rings is 2. The number of aryl methyl sites for hydroxylation is 1. The van der Waals surface area contributed by atoms with Gasteiger partial charge < -0.3 is 11.1 Å². The third-order valence-corrected chi connectivity index (χ3v) is 5.47. The maximum atomic E-state index is 12.4. The second-order valence-corrected chi connectivity index (χ2v) is 8.00. The number of thiazole rings is 1. The second-order valence-electron chi connectivity index (χ2n) is 5.73. The number of carbonyl (C=O) groups is 1. The Kier molecular flexibility index (Phi) is 5.40. The van der Waals surface area contributed by atoms with Crippen LogP contribution in [0.25, 0.3) is 11.3 Å². The maximum absolute atomic E-state index is 12.4. The summed E-state index contributed by atoms with van der Waals surface area (Å²) in [6, 6.07) is 15.7. The van der Waals surface area contributed by atoms with Crippen molar-refractivity contribution in [3.63, 3.8) is 0 Å². The van der Waals surface area contributed by atoms with Gasteiger partial charge >= 0.3 is 0 Å². The quantitative estimate of drug-likeness (QED) is 0.500. The lowest BCUT2D eigenvalue weighted by atomic mass is 10.1. The lowest BCUT2D eigenvalue weighted by Gasteiger charge is -2.10. The van der Waals surface area contributed by atoms with Gasteiger partial charge in [0, 0.05) is 21.5 Å². The number of nitrogens with one attached hydrogen (secondary N) is 1. The van der Waals surface area contributed by atoms with Gasteiger partial charge in [-0.3, -0.25) is 4.79 Å². The Balaban J connectivity index is 1.64. The van der Waals surface area contributed by atoms with Gasteiger partial charge in [-0.1, -0.05) is 35.9 Å². The molecule has 1 unspecified atom stereocenters. The van der Waals surface area contributed by atoms with Crippen molar-refractivity contribution in [3.05, 3.63) is 59.5 Å². The monoisotopic (exact) mass is 369 g/mol. The van der Waals surface area contributed by atoms with Crippen molar-refractivity contribution in [2.75, 3.05) is 11.1 Å². The van der Waals surface area contributed by atoms with Crippen LogP contribution in [0.4, 0.5) is 10.8 Å². The van der Waals surface area contributed by atoms with Crippen molar-refractivity contribution in [2.24, 2.45) is 0 Å². The van der Waals surface area contributed by atoms with Crippen LogP contribution in [0.1, 0.15) is 12.5 Å². The van der Waals surface area contributed by atoms with E-state index in [2.05, 4.69) is 29.4 Å². The number of nitrogens with two attached hydrogens (primary N) is 1. The Bertz CT molecular complexity index is 874. The van der Waals surface area contributed by atoms with E-state index in [1.807, 2.05) is 48.7 Å². The zero-order valence-corrected chi connectivity index (χ0v) is 15.7. The molecular weight excluding hydrogens is 350 g/mol. The molecule has 0 radical (unpaired) electrons. The summed E-state index contributed by atoms with van der Waals surface area (Å²) in [6.45, 7) is 3.92. The summed E-state index contributed by atoms with van der Waals surface area (Å²) in [4.78, 5) is 17.9. The van der Waals surface area contributed by atoms with Crippen LogP contribution in [-0.4, -0.2) is 16.1 Å². The molecule has 1 amide bonds. The van der Waals surface area contributed by atoms with Gasteiger partial charge in [0.05, 0.1) is 10.9 Å².